The minimum Gasteiger partial charge on any atom is -0.443 e. The Morgan fingerprint density at radius 3 is 2.37 bits per heavy atom. The number of fused-ring (bicyclic) bond motifs is 2. The van der Waals surface area contributed by atoms with Gasteiger partial charge in [-0.2, -0.15) is 5.10 Å². The van der Waals surface area contributed by atoms with Gasteiger partial charge in [-0.3, -0.25) is 4.79 Å². The third kappa shape index (κ3) is 4.17. The molecule has 2 amide bonds. The summed E-state index contributed by atoms with van der Waals surface area (Å²) in [5.74, 6) is -0.424. The van der Waals surface area contributed by atoms with Crippen LogP contribution in [0.1, 0.15) is 42.5 Å². The summed E-state index contributed by atoms with van der Waals surface area (Å²) in [4.78, 5) is 32.7. The molecule has 0 atom stereocenters. The number of hydrogen-bond donors (Lipinski definition) is 0. The van der Waals surface area contributed by atoms with Crippen molar-refractivity contribution in [3.63, 3.8) is 0 Å². The topological polar surface area (TPSA) is 77.3 Å². The molecular formula is C27H25ClN4O3. The molecule has 0 spiro atoms. The average Bonchev–Trinajstić information content (AvgIpc) is 3.14. The number of ether oxygens (including phenoxy) is 1. The van der Waals surface area contributed by atoms with E-state index in [1.807, 2.05) is 49.4 Å². The van der Waals surface area contributed by atoms with Gasteiger partial charge >= 0.3 is 6.09 Å². The number of para-hydroxylation sites is 1. The number of pyridine rings is 1. The lowest BCUT2D eigenvalue weighted by Gasteiger charge is -2.30. The maximum atomic E-state index is 13.8. The second-order valence-corrected chi connectivity index (χ2v) is 9.97. The number of benzene rings is 2. The quantitative estimate of drug-likeness (QED) is 0.346. The van der Waals surface area contributed by atoms with Crippen LogP contribution in [0.4, 0.5) is 4.79 Å². The average molecular weight is 489 g/mol. The summed E-state index contributed by atoms with van der Waals surface area (Å²) in [6.07, 6.45) is -0.248. The Bertz CT molecular complexity index is 1450. The van der Waals surface area contributed by atoms with Gasteiger partial charge in [-0.15, -0.1) is 0 Å². The summed E-state index contributed by atoms with van der Waals surface area (Å²) >= 11 is 6.17. The van der Waals surface area contributed by atoms with Crippen LogP contribution in [0.2, 0.25) is 5.02 Å². The van der Waals surface area contributed by atoms with E-state index < -0.39 is 17.6 Å². The van der Waals surface area contributed by atoms with Crippen molar-refractivity contribution in [2.45, 2.75) is 39.7 Å². The normalized spacial score (nSPS) is 13.7. The van der Waals surface area contributed by atoms with E-state index in [-0.39, 0.29) is 6.54 Å². The fourth-order valence-corrected chi connectivity index (χ4v) is 4.50. The van der Waals surface area contributed by atoms with Crippen LogP contribution in [0.25, 0.3) is 27.8 Å². The maximum absolute atomic E-state index is 13.8. The standard InChI is InChI=1S/C27H25ClN4O3/c1-16-21-22(17-10-12-18(28)13-11-17)23-20(14-15-31(25(23)33)26(34)35-27(2,3)4)29-24(21)32(30-16)19-8-6-5-7-9-19/h5-13H,14-15H2,1-4H3. The molecule has 0 unspecified atom stereocenters. The van der Waals surface area contributed by atoms with E-state index in [2.05, 4.69) is 0 Å². The number of halogens is 1. The van der Waals surface area contributed by atoms with E-state index in [1.165, 1.54) is 0 Å². The molecule has 178 valence electrons. The van der Waals surface area contributed by atoms with Gasteiger partial charge in [0.2, 0.25) is 0 Å². The molecule has 35 heavy (non-hydrogen) atoms. The third-order valence-corrected chi connectivity index (χ3v) is 6.10. The summed E-state index contributed by atoms with van der Waals surface area (Å²) in [6, 6.07) is 17.1. The predicted molar refractivity (Wildman–Crippen MR) is 135 cm³/mol. The van der Waals surface area contributed by atoms with Crippen molar-refractivity contribution in [1.82, 2.24) is 19.7 Å². The second-order valence-electron chi connectivity index (χ2n) is 9.53. The smallest absolute Gasteiger partial charge is 0.417 e. The van der Waals surface area contributed by atoms with Crippen molar-refractivity contribution in [1.29, 1.82) is 0 Å². The van der Waals surface area contributed by atoms with Crippen LogP contribution in [0, 0.1) is 6.92 Å². The molecule has 4 aromatic rings. The minimum absolute atomic E-state index is 0.192. The van der Waals surface area contributed by atoms with Gasteiger partial charge in [-0.1, -0.05) is 41.9 Å². The molecule has 7 nitrogen and oxygen atoms in total. The highest BCUT2D eigenvalue weighted by molar-refractivity contribution is 6.30. The lowest BCUT2D eigenvalue weighted by atomic mass is 9.91. The van der Waals surface area contributed by atoms with Gasteiger partial charge in [0.15, 0.2) is 5.65 Å². The molecule has 1 aliphatic rings. The SMILES string of the molecule is Cc1nn(-c2ccccc2)c2nc3c(c(-c4ccc(Cl)cc4)c12)C(=O)N(C(=O)OC(C)(C)C)CC3. The monoisotopic (exact) mass is 488 g/mol. The Hall–Kier alpha value is -3.71. The lowest BCUT2D eigenvalue weighted by molar-refractivity contribution is 0.0233. The number of aromatic nitrogens is 3. The Balaban J connectivity index is 1.77. The van der Waals surface area contributed by atoms with E-state index in [9.17, 15) is 9.59 Å². The zero-order valence-corrected chi connectivity index (χ0v) is 20.8. The molecule has 8 heteroatoms. The van der Waals surface area contributed by atoms with Gasteiger partial charge in [-0.05, 0) is 57.5 Å². The molecule has 0 saturated heterocycles. The number of aryl methyl sites for hydroxylation is 1. The fraction of sp³-hybridized carbons (Fsp3) is 0.259. The van der Waals surface area contributed by atoms with Gasteiger partial charge in [0.1, 0.15) is 5.60 Å². The van der Waals surface area contributed by atoms with Crippen molar-refractivity contribution < 1.29 is 14.3 Å². The largest absolute Gasteiger partial charge is 0.443 e. The molecule has 2 aromatic heterocycles. The van der Waals surface area contributed by atoms with Crippen molar-refractivity contribution in [2.75, 3.05) is 6.54 Å². The van der Waals surface area contributed by atoms with Crippen LogP contribution >= 0.6 is 11.6 Å². The molecule has 0 saturated carbocycles. The Kier molecular flexibility index (Phi) is 5.60. The fourth-order valence-electron chi connectivity index (χ4n) is 4.38. The highest BCUT2D eigenvalue weighted by atomic mass is 35.5. The summed E-state index contributed by atoms with van der Waals surface area (Å²) in [6.45, 7) is 7.42. The van der Waals surface area contributed by atoms with Crippen LogP contribution in [0.5, 0.6) is 0 Å². The minimum atomic E-state index is -0.716. The van der Waals surface area contributed by atoms with Crippen molar-refractivity contribution in [2.24, 2.45) is 0 Å². The number of carbonyl (C=O) groups is 2. The van der Waals surface area contributed by atoms with Crippen molar-refractivity contribution in [3.05, 3.63) is 76.6 Å². The van der Waals surface area contributed by atoms with E-state index >= 15 is 0 Å². The molecule has 2 aromatic carbocycles. The van der Waals surface area contributed by atoms with Crippen LogP contribution in [0.3, 0.4) is 0 Å². The summed E-state index contributed by atoms with van der Waals surface area (Å²) in [5, 5.41) is 6.12. The number of imide groups is 1. The zero-order chi connectivity index (χ0) is 24.9. The molecule has 0 fully saturated rings. The van der Waals surface area contributed by atoms with Crippen LogP contribution < -0.4 is 0 Å². The molecule has 0 bridgehead atoms. The predicted octanol–water partition coefficient (Wildman–Crippen LogP) is 5.98. The Labute approximate surface area is 208 Å². The van der Waals surface area contributed by atoms with Gasteiger partial charge in [0.05, 0.1) is 28.0 Å². The van der Waals surface area contributed by atoms with E-state index in [0.717, 1.165) is 27.2 Å². The third-order valence-electron chi connectivity index (χ3n) is 5.84. The molecular weight excluding hydrogens is 464 g/mol. The Morgan fingerprint density at radius 1 is 1.03 bits per heavy atom. The van der Waals surface area contributed by atoms with E-state index in [0.29, 0.717) is 33.9 Å². The number of carbonyl (C=O) groups excluding carboxylic acids is 2. The first-order valence-corrected chi connectivity index (χ1v) is 11.8. The van der Waals surface area contributed by atoms with Gasteiger partial charge in [0.25, 0.3) is 5.91 Å². The zero-order valence-electron chi connectivity index (χ0n) is 20.0. The summed E-state index contributed by atoms with van der Waals surface area (Å²) in [5.41, 5.74) is 4.07. The highest BCUT2D eigenvalue weighted by Crippen LogP contribution is 2.38. The Morgan fingerprint density at radius 2 is 1.71 bits per heavy atom. The number of nitrogens with zero attached hydrogens (tertiary/aromatic N) is 4. The number of amides is 2. The second kappa shape index (κ2) is 8.50. The van der Waals surface area contributed by atoms with Crippen LogP contribution in [0.15, 0.2) is 54.6 Å². The summed E-state index contributed by atoms with van der Waals surface area (Å²) < 4.78 is 7.31. The molecule has 3 heterocycles. The number of rotatable bonds is 2. The first-order chi connectivity index (χ1) is 16.6. The molecule has 0 N–H and O–H groups in total. The van der Waals surface area contributed by atoms with Crippen molar-refractivity contribution in [3.8, 4) is 16.8 Å². The first kappa shape index (κ1) is 23.1. The number of hydrogen-bond acceptors (Lipinski definition) is 5. The van der Waals surface area contributed by atoms with Crippen LogP contribution in [-0.2, 0) is 11.2 Å². The summed E-state index contributed by atoms with van der Waals surface area (Å²) in [7, 11) is 0. The van der Waals surface area contributed by atoms with E-state index in [4.69, 9.17) is 26.4 Å². The van der Waals surface area contributed by atoms with Gasteiger partial charge in [-0.25, -0.2) is 19.4 Å². The van der Waals surface area contributed by atoms with Crippen molar-refractivity contribution >= 4 is 34.6 Å². The maximum Gasteiger partial charge on any atom is 0.417 e. The molecule has 1 aliphatic heterocycles. The first-order valence-electron chi connectivity index (χ1n) is 11.4. The van der Waals surface area contributed by atoms with Crippen LogP contribution in [-0.4, -0.2) is 43.8 Å². The molecule has 5 rings (SSSR count). The molecule has 0 aliphatic carbocycles. The van der Waals surface area contributed by atoms with E-state index in [1.54, 1.807) is 37.6 Å². The van der Waals surface area contributed by atoms with Gasteiger partial charge in [0, 0.05) is 23.6 Å². The lowest BCUT2D eigenvalue weighted by Crippen LogP contribution is -2.45. The molecule has 0 radical (unpaired) electrons. The highest BCUT2D eigenvalue weighted by Gasteiger charge is 2.37. The van der Waals surface area contributed by atoms with Gasteiger partial charge < -0.3 is 4.74 Å².